The van der Waals surface area contributed by atoms with Crippen LogP contribution in [0.4, 0.5) is 0 Å². The molecule has 0 unspecified atom stereocenters. The maximum absolute atomic E-state index is 6.29. The van der Waals surface area contributed by atoms with Gasteiger partial charge in [-0.25, -0.2) is 0 Å². The molecule has 1 nitrogen and oxygen atoms in total. The van der Waals surface area contributed by atoms with Crippen LogP contribution >= 0.6 is 11.6 Å². The summed E-state index contributed by atoms with van der Waals surface area (Å²) >= 11 is 6.29. The number of aliphatic imine (C=N–C) groups is 1. The molecule has 1 aliphatic heterocycles. The van der Waals surface area contributed by atoms with Gasteiger partial charge >= 0.3 is 0 Å². The van der Waals surface area contributed by atoms with Crippen molar-refractivity contribution in [3.63, 3.8) is 0 Å². The first kappa shape index (κ1) is 10.7. The molecule has 80 valence electrons. The second-order valence-electron chi connectivity index (χ2n) is 4.56. The van der Waals surface area contributed by atoms with Crippen molar-refractivity contribution in [2.45, 2.75) is 37.6 Å². The first-order chi connectivity index (χ1) is 7.07. The molecule has 2 heteroatoms. The van der Waals surface area contributed by atoms with Crippen LogP contribution in [0.15, 0.2) is 35.3 Å². The zero-order valence-corrected chi connectivity index (χ0v) is 9.96. The minimum atomic E-state index is -0.226. The van der Waals surface area contributed by atoms with Crippen molar-refractivity contribution < 1.29 is 0 Å². The van der Waals surface area contributed by atoms with Gasteiger partial charge in [0.15, 0.2) is 0 Å². The van der Waals surface area contributed by atoms with Crippen LogP contribution in [0.5, 0.6) is 0 Å². The average Bonchev–Trinajstić information content (AvgIpc) is 2.67. The maximum atomic E-state index is 6.29. The topological polar surface area (TPSA) is 12.4 Å². The number of hydrogen-bond donors (Lipinski definition) is 0. The van der Waals surface area contributed by atoms with Crippen LogP contribution < -0.4 is 0 Å². The van der Waals surface area contributed by atoms with E-state index in [4.69, 9.17) is 16.6 Å². The van der Waals surface area contributed by atoms with Crippen LogP contribution in [-0.4, -0.2) is 16.6 Å². The Morgan fingerprint density at radius 1 is 1.27 bits per heavy atom. The monoisotopic (exact) mass is 221 g/mol. The van der Waals surface area contributed by atoms with Gasteiger partial charge in [-0.1, -0.05) is 30.3 Å². The van der Waals surface area contributed by atoms with Crippen LogP contribution in [0.2, 0.25) is 0 Å². The Bertz CT molecular complexity index is 362. The highest BCUT2D eigenvalue weighted by Gasteiger charge is 2.30. The minimum Gasteiger partial charge on any atom is -0.284 e. The van der Waals surface area contributed by atoms with Gasteiger partial charge in [-0.3, -0.25) is 4.99 Å². The zero-order valence-electron chi connectivity index (χ0n) is 9.20. The second kappa shape index (κ2) is 3.97. The van der Waals surface area contributed by atoms with E-state index < -0.39 is 0 Å². The summed E-state index contributed by atoms with van der Waals surface area (Å²) in [7, 11) is 0. The first-order valence-electron chi connectivity index (χ1n) is 5.38. The standard InChI is InChI=1S/C13H16ClN/c1-13(2,14)12-9-8-11(15-12)10-6-4-3-5-7-10/h3-7,12H,8-9H2,1-2H3/t12-/m1/s1. The maximum Gasteiger partial charge on any atom is 0.0693 e. The summed E-state index contributed by atoms with van der Waals surface area (Å²) < 4.78 is 0. The third kappa shape index (κ3) is 2.40. The number of benzene rings is 1. The molecule has 0 aromatic heterocycles. The largest absolute Gasteiger partial charge is 0.284 e. The molecule has 0 radical (unpaired) electrons. The lowest BCUT2D eigenvalue weighted by atomic mass is 10.0. The van der Waals surface area contributed by atoms with Crippen LogP contribution in [-0.2, 0) is 0 Å². The molecule has 1 aliphatic rings. The van der Waals surface area contributed by atoms with E-state index in [2.05, 4.69) is 24.3 Å². The summed E-state index contributed by atoms with van der Waals surface area (Å²) in [4.78, 5) is 4.49. The van der Waals surface area contributed by atoms with Gasteiger partial charge in [-0.15, -0.1) is 11.6 Å². The summed E-state index contributed by atoms with van der Waals surface area (Å²) in [6.07, 6.45) is 2.12. The van der Waals surface area contributed by atoms with E-state index in [0.717, 1.165) is 12.8 Å². The molecule has 15 heavy (non-hydrogen) atoms. The third-order valence-electron chi connectivity index (χ3n) is 2.87. The molecule has 0 bridgehead atoms. The quantitative estimate of drug-likeness (QED) is 0.676. The molecule has 1 aromatic carbocycles. The van der Waals surface area contributed by atoms with Crippen molar-refractivity contribution in [2.75, 3.05) is 0 Å². The van der Waals surface area contributed by atoms with Crippen molar-refractivity contribution in [1.82, 2.24) is 0 Å². The molecule has 0 saturated carbocycles. The Kier molecular flexibility index (Phi) is 2.83. The van der Waals surface area contributed by atoms with Gasteiger partial charge in [0, 0.05) is 5.71 Å². The molecule has 1 heterocycles. The van der Waals surface area contributed by atoms with E-state index in [9.17, 15) is 0 Å². The Morgan fingerprint density at radius 2 is 1.93 bits per heavy atom. The Balaban J connectivity index is 2.21. The molecular formula is C13H16ClN. The number of rotatable bonds is 2. The van der Waals surface area contributed by atoms with E-state index in [1.54, 1.807) is 0 Å². The van der Waals surface area contributed by atoms with E-state index >= 15 is 0 Å². The highest BCUT2D eigenvalue weighted by molar-refractivity contribution is 6.24. The smallest absolute Gasteiger partial charge is 0.0693 e. The molecule has 0 N–H and O–H groups in total. The summed E-state index contributed by atoms with van der Waals surface area (Å²) in [5.41, 5.74) is 2.44. The molecule has 0 aliphatic carbocycles. The fraction of sp³-hybridized carbons (Fsp3) is 0.462. The predicted molar refractivity (Wildman–Crippen MR) is 65.9 cm³/mol. The third-order valence-corrected chi connectivity index (χ3v) is 3.12. The Hall–Kier alpha value is -0.820. The summed E-state index contributed by atoms with van der Waals surface area (Å²) in [6.45, 7) is 4.08. The Labute approximate surface area is 96.2 Å². The summed E-state index contributed by atoms with van der Waals surface area (Å²) in [5.74, 6) is 0. The van der Waals surface area contributed by atoms with Gasteiger partial charge in [0.25, 0.3) is 0 Å². The fourth-order valence-electron chi connectivity index (χ4n) is 1.94. The van der Waals surface area contributed by atoms with Crippen LogP contribution in [0.25, 0.3) is 0 Å². The van der Waals surface area contributed by atoms with Crippen molar-refractivity contribution >= 4 is 17.3 Å². The van der Waals surface area contributed by atoms with Gasteiger partial charge in [-0.05, 0) is 32.3 Å². The predicted octanol–water partition coefficient (Wildman–Crippen LogP) is 3.66. The van der Waals surface area contributed by atoms with E-state index in [1.165, 1.54) is 11.3 Å². The van der Waals surface area contributed by atoms with Gasteiger partial charge in [0.1, 0.15) is 0 Å². The number of halogens is 1. The summed E-state index contributed by atoms with van der Waals surface area (Å²) in [6, 6.07) is 10.6. The molecule has 1 aromatic rings. The molecule has 2 rings (SSSR count). The molecule has 0 saturated heterocycles. The first-order valence-corrected chi connectivity index (χ1v) is 5.76. The van der Waals surface area contributed by atoms with Crippen molar-refractivity contribution in [2.24, 2.45) is 4.99 Å². The second-order valence-corrected chi connectivity index (χ2v) is 5.53. The van der Waals surface area contributed by atoms with Gasteiger partial charge in [0.05, 0.1) is 10.9 Å². The van der Waals surface area contributed by atoms with E-state index in [-0.39, 0.29) is 10.9 Å². The van der Waals surface area contributed by atoms with Gasteiger partial charge in [0.2, 0.25) is 0 Å². The van der Waals surface area contributed by atoms with Crippen molar-refractivity contribution in [3.05, 3.63) is 35.9 Å². The lowest BCUT2D eigenvalue weighted by Gasteiger charge is -2.20. The SMILES string of the molecule is CC(C)(Cl)[C@H]1CCC(c2ccccc2)=N1. The normalized spacial score (nSPS) is 21.5. The number of nitrogens with zero attached hydrogens (tertiary/aromatic N) is 1. The van der Waals surface area contributed by atoms with E-state index in [0.29, 0.717) is 0 Å². The number of alkyl halides is 1. The van der Waals surface area contributed by atoms with E-state index in [1.807, 2.05) is 19.9 Å². The van der Waals surface area contributed by atoms with Gasteiger partial charge in [-0.2, -0.15) is 0 Å². The average molecular weight is 222 g/mol. The molecule has 1 atom stereocenters. The van der Waals surface area contributed by atoms with Crippen molar-refractivity contribution in [1.29, 1.82) is 0 Å². The minimum absolute atomic E-state index is 0.226. The summed E-state index contributed by atoms with van der Waals surface area (Å²) in [5, 5.41) is 0. The van der Waals surface area contributed by atoms with Crippen molar-refractivity contribution in [3.8, 4) is 0 Å². The van der Waals surface area contributed by atoms with Crippen LogP contribution in [0, 0.1) is 0 Å². The lowest BCUT2D eigenvalue weighted by Crippen LogP contribution is -2.26. The zero-order chi connectivity index (χ0) is 10.9. The molecular weight excluding hydrogens is 206 g/mol. The van der Waals surface area contributed by atoms with Crippen LogP contribution in [0.1, 0.15) is 32.3 Å². The molecule has 0 amide bonds. The Morgan fingerprint density at radius 3 is 2.47 bits per heavy atom. The van der Waals surface area contributed by atoms with Gasteiger partial charge < -0.3 is 0 Å². The fourth-order valence-corrected chi connectivity index (χ4v) is 2.09. The number of hydrogen-bond acceptors (Lipinski definition) is 1. The lowest BCUT2D eigenvalue weighted by molar-refractivity contribution is 0.529. The highest BCUT2D eigenvalue weighted by Crippen LogP contribution is 2.30. The molecule has 0 spiro atoms. The van der Waals surface area contributed by atoms with Crippen LogP contribution in [0.3, 0.4) is 0 Å². The molecule has 0 fully saturated rings. The highest BCUT2D eigenvalue weighted by atomic mass is 35.5.